The minimum atomic E-state index is -0.609. The van der Waals surface area contributed by atoms with Crippen LogP contribution in [-0.4, -0.2) is 53.4 Å². The van der Waals surface area contributed by atoms with E-state index in [4.69, 9.17) is 0 Å². The van der Waals surface area contributed by atoms with Crippen LogP contribution in [0.4, 0.5) is 4.39 Å². The van der Waals surface area contributed by atoms with Gasteiger partial charge in [0.25, 0.3) is 5.91 Å². The summed E-state index contributed by atoms with van der Waals surface area (Å²) < 4.78 is 13.1. The fourth-order valence-corrected chi connectivity index (χ4v) is 2.72. The summed E-state index contributed by atoms with van der Waals surface area (Å²) in [6.07, 6.45) is 3.10. The molecule has 0 saturated carbocycles. The second-order valence-corrected chi connectivity index (χ2v) is 5.33. The average Bonchev–Trinajstić information content (AvgIpc) is 2.47. The zero-order chi connectivity index (χ0) is 14.5. The molecule has 0 aliphatic carbocycles. The number of pyridine rings is 1. The van der Waals surface area contributed by atoms with Crippen molar-refractivity contribution in [2.24, 2.45) is 0 Å². The molecule has 1 fully saturated rings. The molecule has 0 bridgehead atoms. The molecule has 2 heterocycles. The average molecular weight is 279 g/mol. The molecular formula is C15H22FN3O. The Bertz CT molecular complexity index is 458. The zero-order valence-electron chi connectivity index (χ0n) is 12.2. The molecule has 5 heteroatoms. The van der Waals surface area contributed by atoms with Crippen LogP contribution in [0.25, 0.3) is 0 Å². The number of aromatic nitrogens is 1. The van der Waals surface area contributed by atoms with Gasteiger partial charge >= 0.3 is 0 Å². The lowest BCUT2D eigenvalue weighted by molar-refractivity contribution is 0.0636. The summed E-state index contributed by atoms with van der Waals surface area (Å²) in [5.74, 6) is -0.805. The SMILES string of the molecule is CCCN1CCC(N(C)C(=O)c2cccc(F)n2)CC1. The number of piperidine rings is 1. The molecule has 0 aromatic carbocycles. The lowest BCUT2D eigenvalue weighted by Crippen LogP contribution is -2.45. The molecule has 4 nitrogen and oxygen atoms in total. The highest BCUT2D eigenvalue weighted by Crippen LogP contribution is 2.17. The van der Waals surface area contributed by atoms with Crippen molar-refractivity contribution in [1.29, 1.82) is 0 Å². The Labute approximate surface area is 119 Å². The van der Waals surface area contributed by atoms with Gasteiger partial charge in [-0.15, -0.1) is 0 Å². The number of rotatable bonds is 4. The zero-order valence-corrected chi connectivity index (χ0v) is 12.2. The highest BCUT2D eigenvalue weighted by Gasteiger charge is 2.26. The van der Waals surface area contributed by atoms with Crippen LogP contribution in [0.5, 0.6) is 0 Å². The molecule has 1 aliphatic heterocycles. The number of hydrogen-bond donors (Lipinski definition) is 0. The summed E-state index contributed by atoms with van der Waals surface area (Å²) in [5, 5.41) is 0. The number of amides is 1. The molecular weight excluding hydrogens is 257 g/mol. The highest BCUT2D eigenvalue weighted by molar-refractivity contribution is 5.92. The first-order chi connectivity index (χ1) is 9.61. The van der Waals surface area contributed by atoms with Crippen molar-refractivity contribution in [3.8, 4) is 0 Å². The molecule has 0 spiro atoms. The van der Waals surface area contributed by atoms with Gasteiger partial charge in [-0.05, 0) is 37.9 Å². The van der Waals surface area contributed by atoms with Gasteiger partial charge in [0.15, 0.2) is 0 Å². The number of carbonyl (C=O) groups is 1. The normalized spacial score (nSPS) is 17.1. The van der Waals surface area contributed by atoms with Crippen LogP contribution in [-0.2, 0) is 0 Å². The van der Waals surface area contributed by atoms with Gasteiger partial charge in [0, 0.05) is 26.2 Å². The molecule has 1 aliphatic rings. The molecule has 0 radical (unpaired) electrons. The Morgan fingerprint density at radius 3 is 2.75 bits per heavy atom. The van der Waals surface area contributed by atoms with E-state index in [2.05, 4.69) is 16.8 Å². The van der Waals surface area contributed by atoms with Gasteiger partial charge in [0.1, 0.15) is 5.69 Å². The van der Waals surface area contributed by atoms with E-state index in [9.17, 15) is 9.18 Å². The summed E-state index contributed by atoms with van der Waals surface area (Å²) in [5.41, 5.74) is 0.184. The Hall–Kier alpha value is -1.49. The summed E-state index contributed by atoms with van der Waals surface area (Å²) >= 11 is 0. The van der Waals surface area contributed by atoms with E-state index >= 15 is 0 Å². The maximum atomic E-state index is 13.1. The smallest absolute Gasteiger partial charge is 0.272 e. The van der Waals surface area contributed by atoms with Crippen LogP contribution in [0.1, 0.15) is 36.7 Å². The van der Waals surface area contributed by atoms with Crippen LogP contribution in [0.15, 0.2) is 18.2 Å². The third-order valence-electron chi connectivity index (χ3n) is 3.90. The van der Waals surface area contributed by atoms with Gasteiger partial charge in [-0.1, -0.05) is 13.0 Å². The number of nitrogens with zero attached hydrogens (tertiary/aromatic N) is 3. The molecule has 1 aromatic heterocycles. The van der Waals surface area contributed by atoms with Crippen molar-refractivity contribution in [2.75, 3.05) is 26.7 Å². The fraction of sp³-hybridized carbons (Fsp3) is 0.600. The Morgan fingerprint density at radius 1 is 1.45 bits per heavy atom. The van der Waals surface area contributed by atoms with Crippen molar-refractivity contribution >= 4 is 5.91 Å². The first kappa shape index (κ1) is 14.9. The number of carbonyl (C=O) groups excluding carboxylic acids is 1. The second kappa shape index (κ2) is 6.79. The molecule has 1 amide bonds. The lowest BCUT2D eigenvalue weighted by atomic mass is 10.0. The van der Waals surface area contributed by atoms with Crippen LogP contribution in [0, 0.1) is 5.95 Å². The Balaban J connectivity index is 1.95. The predicted molar refractivity (Wildman–Crippen MR) is 76.0 cm³/mol. The van der Waals surface area contributed by atoms with Gasteiger partial charge < -0.3 is 9.80 Å². The highest BCUT2D eigenvalue weighted by atomic mass is 19.1. The van der Waals surface area contributed by atoms with E-state index in [0.29, 0.717) is 0 Å². The van der Waals surface area contributed by atoms with E-state index in [1.807, 2.05) is 0 Å². The van der Waals surface area contributed by atoms with Crippen molar-refractivity contribution < 1.29 is 9.18 Å². The van der Waals surface area contributed by atoms with Gasteiger partial charge in [-0.25, -0.2) is 4.98 Å². The maximum absolute atomic E-state index is 13.1. The first-order valence-electron chi connectivity index (χ1n) is 7.24. The first-order valence-corrected chi connectivity index (χ1v) is 7.24. The molecule has 2 rings (SSSR count). The van der Waals surface area contributed by atoms with E-state index in [-0.39, 0.29) is 17.6 Å². The van der Waals surface area contributed by atoms with Gasteiger partial charge in [-0.2, -0.15) is 4.39 Å². The van der Waals surface area contributed by atoms with E-state index in [1.54, 1.807) is 18.0 Å². The quantitative estimate of drug-likeness (QED) is 0.793. The standard InChI is InChI=1S/C15H22FN3O/c1-3-9-19-10-7-12(8-11-19)18(2)15(20)13-5-4-6-14(16)17-13/h4-6,12H,3,7-11H2,1-2H3. The predicted octanol–water partition coefficient (Wildman–Crippen LogP) is 2.17. The number of halogens is 1. The summed E-state index contributed by atoms with van der Waals surface area (Å²) in [6.45, 7) is 5.34. The summed E-state index contributed by atoms with van der Waals surface area (Å²) in [4.78, 5) is 20.1. The minimum absolute atomic E-state index is 0.184. The fourth-order valence-electron chi connectivity index (χ4n) is 2.72. The topological polar surface area (TPSA) is 36.4 Å². The molecule has 0 unspecified atom stereocenters. The van der Waals surface area contributed by atoms with Crippen LogP contribution >= 0.6 is 0 Å². The van der Waals surface area contributed by atoms with Gasteiger partial charge in [0.2, 0.25) is 5.95 Å². The second-order valence-electron chi connectivity index (χ2n) is 5.33. The van der Waals surface area contributed by atoms with Crippen molar-refractivity contribution in [1.82, 2.24) is 14.8 Å². The van der Waals surface area contributed by atoms with E-state index in [1.165, 1.54) is 12.1 Å². The molecule has 0 N–H and O–H groups in total. The Kier molecular flexibility index (Phi) is 5.06. The van der Waals surface area contributed by atoms with E-state index in [0.717, 1.165) is 38.9 Å². The Morgan fingerprint density at radius 2 is 2.15 bits per heavy atom. The lowest BCUT2D eigenvalue weighted by Gasteiger charge is -2.36. The largest absolute Gasteiger partial charge is 0.337 e. The van der Waals surface area contributed by atoms with Crippen LogP contribution < -0.4 is 0 Å². The third kappa shape index (κ3) is 3.54. The third-order valence-corrected chi connectivity index (χ3v) is 3.90. The van der Waals surface area contributed by atoms with Gasteiger partial charge in [-0.3, -0.25) is 4.79 Å². The summed E-state index contributed by atoms with van der Waals surface area (Å²) in [7, 11) is 1.79. The van der Waals surface area contributed by atoms with Crippen LogP contribution in [0.2, 0.25) is 0 Å². The van der Waals surface area contributed by atoms with E-state index < -0.39 is 5.95 Å². The summed E-state index contributed by atoms with van der Waals surface area (Å²) in [6, 6.07) is 4.56. The molecule has 20 heavy (non-hydrogen) atoms. The number of hydrogen-bond acceptors (Lipinski definition) is 3. The van der Waals surface area contributed by atoms with Crippen molar-refractivity contribution in [3.05, 3.63) is 29.8 Å². The van der Waals surface area contributed by atoms with Crippen LogP contribution in [0.3, 0.4) is 0 Å². The molecule has 0 atom stereocenters. The number of likely N-dealkylation sites (tertiary alicyclic amines) is 1. The monoisotopic (exact) mass is 279 g/mol. The maximum Gasteiger partial charge on any atom is 0.272 e. The molecule has 110 valence electrons. The van der Waals surface area contributed by atoms with Gasteiger partial charge in [0.05, 0.1) is 0 Å². The molecule has 1 saturated heterocycles. The molecule has 1 aromatic rings. The van der Waals surface area contributed by atoms with Crippen molar-refractivity contribution in [2.45, 2.75) is 32.2 Å². The minimum Gasteiger partial charge on any atom is -0.337 e. The van der Waals surface area contributed by atoms with Crippen molar-refractivity contribution in [3.63, 3.8) is 0 Å².